The molecule has 0 bridgehead atoms. The second-order valence-corrected chi connectivity index (χ2v) is 8.06. The van der Waals surface area contributed by atoms with Gasteiger partial charge in [-0.15, -0.1) is 0 Å². The van der Waals surface area contributed by atoms with Crippen LogP contribution in [0, 0.1) is 11.8 Å². The number of nitrogen functional groups attached to an aromatic ring is 1. The van der Waals surface area contributed by atoms with E-state index in [1.54, 1.807) is 72.9 Å². The predicted molar refractivity (Wildman–Crippen MR) is 134 cm³/mol. The van der Waals surface area contributed by atoms with Crippen molar-refractivity contribution in [2.45, 2.75) is 13.0 Å². The highest BCUT2D eigenvalue weighted by molar-refractivity contribution is 6.04. The van der Waals surface area contributed by atoms with Crippen molar-refractivity contribution in [2.75, 3.05) is 30.8 Å². The van der Waals surface area contributed by atoms with Crippen molar-refractivity contribution in [3.8, 4) is 23.1 Å². The van der Waals surface area contributed by atoms with Crippen molar-refractivity contribution in [1.82, 2.24) is 24.3 Å². The molecule has 0 aliphatic carbocycles. The number of carbonyl (C=O) groups excluding carboxylic acids is 2. The van der Waals surface area contributed by atoms with E-state index in [4.69, 9.17) is 15.5 Å². The van der Waals surface area contributed by atoms with Gasteiger partial charge in [0.25, 0.3) is 11.8 Å². The lowest BCUT2D eigenvalue weighted by Crippen LogP contribution is -2.43. The second-order valence-electron chi connectivity index (χ2n) is 8.06. The first-order chi connectivity index (χ1) is 17.6. The first-order valence-electron chi connectivity index (χ1n) is 11.3. The maximum absolute atomic E-state index is 12.7. The molecule has 4 aromatic rings. The maximum Gasteiger partial charge on any atom is 0.299 e. The van der Waals surface area contributed by atoms with Crippen LogP contribution in [0.2, 0.25) is 0 Å². The van der Waals surface area contributed by atoms with E-state index < -0.39 is 6.04 Å². The summed E-state index contributed by atoms with van der Waals surface area (Å²) in [6, 6.07) is 11.9. The molecule has 1 saturated heterocycles. The zero-order chi connectivity index (χ0) is 25.1. The molecule has 1 unspecified atom stereocenters. The van der Waals surface area contributed by atoms with E-state index in [1.807, 2.05) is 4.40 Å². The number of ether oxygens (including phenoxy) is 1. The molecule has 0 radical (unpaired) electrons. The van der Waals surface area contributed by atoms with Gasteiger partial charge in [0.1, 0.15) is 34.7 Å². The topological polar surface area (TPSA) is 128 Å². The molecule has 4 heterocycles. The lowest BCUT2D eigenvalue weighted by atomic mass is 10.1. The van der Waals surface area contributed by atoms with E-state index in [1.165, 1.54) is 0 Å². The molecule has 3 N–H and O–H groups in total. The number of pyridine rings is 1. The third kappa shape index (κ3) is 4.35. The number of fused-ring (bicyclic) bond motifs is 1. The number of hydrogen-bond donors (Lipinski definition) is 2. The molecule has 2 amide bonds. The zero-order valence-corrected chi connectivity index (χ0v) is 19.5. The molecule has 1 aliphatic heterocycles. The number of rotatable bonds is 4. The molecule has 1 fully saturated rings. The van der Waals surface area contributed by atoms with Crippen molar-refractivity contribution >= 4 is 29.0 Å². The van der Waals surface area contributed by atoms with Gasteiger partial charge in [0.15, 0.2) is 0 Å². The summed E-state index contributed by atoms with van der Waals surface area (Å²) in [5, 5.41) is 2.77. The van der Waals surface area contributed by atoms with Crippen LogP contribution in [-0.4, -0.2) is 55.8 Å². The quantitative estimate of drug-likeness (QED) is 0.429. The van der Waals surface area contributed by atoms with Gasteiger partial charge < -0.3 is 20.7 Å². The fraction of sp³-hybridized carbons (Fsp3) is 0.192. The molecule has 10 heteroatoms. The Morgan fingerprint density at radius 3 is 2.72 bits per heavy atom. The number of morpholine rings is 1. The molecule has 10 nitrogen and oxygen atoms in total. The van der Waals surface area contributed by atoms with Crippen LogP contribution in [0.4, 0.5) is 11.6 Å². The van der Waals surface area contributed by atoms with Crippen LogP contribution in [0.15, 0.2) is 61.1 Å². The van der Waals surface area contributed by atoms with E-state index in [-0.39, 0.29) is 18.4 Å². The van der Waals surface area contributed by atoms with Gasteiger partial charge in [-0.2, -0.15) is 0 Å². The largest absolute Gasteiger partial charge is 0.382 e. The number of nitrogens with two attached hydrogens (primary N) is 1. The first kappa shape index (κ1) is 23.0. The molecule has 36 heavy (non-hydrogen) atoms. The summed E-state index contributed by atoms with van der Waals surface area (Å²) < 4.78 is 7.52. The van der Waals surface area contributed by atoms with Crippen molar-refractivity contribution in [3.63, 3.8) is 0 Å². The number of nitrogens with one attached hydrogen (secondary N) is 1. The highest BCUT2D eigenvalue weighted by Crippen LogP contribution is 2.33. The van der Waals surface area contributed by atoms with Crippen molar-refractivity contribution < 1.29 is 14.3 Å². The van der Waals surface area contributed by atoms with Crippen molar-refractivity contribution in [2.24, 2.45) is 0 Å². The van der Waals surface area contributed by atoms with E-state index in [2.05, 4.69) is 27.1 Å². The summed E-state index contributed by atoms with van der Waals surface area (Å²) in [6.07, 6.45) is 4.96. The summed E-state index contributed by atoms with van der Waals surface area (Å²) in [7, 11) is 0. The molecule has 0 spiro atoms. The zero-order valence-electron chi connectivity index (χ0n) is 19.5. The second kappa shape index (κ2) is 9.85. The minimum absolute atomic E-state index is 0.276. The Kier molecular flexibility index (Phi) is 6.30. The highest BCUT2D eigenvalue weighted by atomic mass is 16.5. The minimum atomic E-state index is -0.446. The van der Waals surface area contributed by atoms with Gasteiger partial charge in [-0.05, 0) is 37.1 Å². The van der Waals surface area contributed by atoms with Gasteiger partial charge in [0.2, 0.25) is 0 Å². The maximum atomic E-state index is 12.7. The van der Waals surface area contributed by atoms with Gasteiger partial charge in [0.05, 0.1) is 13.2 Å². The van der Waals surface area contributed by atoms with E-state index in [9.17, 15) is 9.59 Å². The van der Waals surface area contributed by atoms with E-state index in [0.29, 0.717) is 47.4 Å². The monoisotopic (exact) mass is 481 g/mol. The summed E-state index contributed by atoms with van der Waals surface area (Å²) in [4.78, 5) is 40.2. The third-order valence-electron chi connectivity index (χ3n) is 5.86. The van der Waals surface area contributed by atoms with Crippen LogP contribution in [0.3, 0.4) is 0 Å². The van der Waals surface area contributed by atoms with Crippen LogP contribution >= 0.6 is 0 Å². The molecule has 0 saturated carbocycles. The van der Waals surface area contributed by atoms with Crippen LogP contribution in [0.1, 0.15) is 29.1 Å². The van der Waals surface area contributed by atoms with Crippen LogP contribution < -0.4 is 11.1 Å². The Balaban J connectivity index is 1.52. The summed E-state index contributed by atoms with van der Waals surface area (Å²) in [5.41, 5.74) is 8.68. The average Bonchev–Trinajstić information content (AvgIpc) is 3.30. The third-order valence-corrected chi connectivity index (χ3v) is 5.86. The number of hydrogen-bond acceptors (Lipinski definition) is 7. The highest BCUT2D eigenvalue weighted by Gasteiger charge is 2.32. The molecular formula is C26H23N7O3. The Morgan fingerprint density at radius 1 is 1.14 bits per heavy atom. The molecular weight excluding hydrogens is 458 g/mol. The number of amides is 2. The Bertz CT molecular complexity index is 1490. The molecule has 3 aromatic heterocycles. The van der Waals surface area contributed by atoms with E-state index in [0.717, 1.165) is 5.56 Å². The lowest BCUT2D eigenvalue weighted by molar-refractivity contribution is -0.134. The van der Waals surface area contributed by atoms with Crippen molar-refractivity contribution in [1.29, 1.82) is 0 Å². The molecule has 5 rings (SSSR count). The number of anilines is 2. The fourth-order valence-electron chi connectivity index (χ4n) is 4.17. The minimum Gasteiger partial charge on any atom is -0.382 e. The Morgan fingerprint density at radius 2 is 1.97 bits per heavy atom. The van der Waals surface area contributed by atoms with Gasteiger partial charge in [-0.1, -0.05) is 24.1 Å². The standard InChI is InChI=1S/C26H23N7O3/c1-2-5-21(34)32-14-15-36-16-19(32)25-31-22(23-24(27)29-12-13-33(23)25)17-7-9-18(10-8-17)26(35)30-20-6-3-4-11-28-20/h3-4,6-13,19H,14-16H2,1H3,(H2,27,29)(H,28,30,35). The number of nitrogens with zero attached hydrogens (tertiary/aromatic N) is 5. The van der Waals surface area contributed by atoms with Crippen molar-refractivity contribution in [3.05, 3.63) is 72.4 Å². The normalized spacial score (nSPS) is 15.2. The first-order valence-corrected chi connectivity index (χ1v) is 11.3. The molecule has 1 atom stereocenters. The molecule has 1 aliphatic rings. The fourth-order valence-corrected chi connectivity index (χ4v) is 4.17. The SMILES string of the molecule is CC#CC(=O)N1CCOCC1c1nc(-c2ccc(C(=O)Nc3ccccn3)cc2)c2c(N)nccn12. The van der Waals surface area contributed by atoms with Gasteiger partial charge in [0, 0.05) is 36.3 Å². The predicted octanol–water partition coefficient (Wildman–Crippen LogP) is 2.55. The van der Waals surface area contributed by atoms with Crippen LogP contribution in [0.5, 0.6) is 0 Å². The van der Waals surface area contributed by atoms with E-state index >= 15 is 0 Å². The smallest absolute Gasteiger partial charge is 0.299 e. The number of aromatic nitrogens is 4. The molecule has 180 valence electrons. The average molecular weight is 482 g/mol. The molecule has 1 aromatic carbocycles. The number of imidazole rings is 1. The Hall–Kier alpha value is -4.75. The Labute approximate surface area is 207 Å². The van der Waals surface area contributed by atoms with Gasteiger partial charge in [-0.3, -0.25) is 14.0 Å². The summed E-state index contributed by atoms with van der Waals surface area (Å²) >= 11 is 0. The number of benzene rings is 1. The summed E-state index contributed by atoms with van der Waals surface area (Å²) in [5.74, 6) is 6.08. The van der Waals surface area contributed by atoms with Crippen LogP contribution in [-0.2, 0) is 9.53 Å². The lowest BCUT2D eigenvalue weighted by Gasteiger charge is -2.33. The van der Waals surface area contributed by atoms with Crippen LogP contribution in [0.25, 0.3) is 16.8 Å². The van der Waals surface area contributed by atoms with Gasteiger partial charge >= 0.3 is 0 Å². The summed E-state index contributed by atoms with van der Waals surface area (Å²) in [6.45, 7) is 2.74. The number of carbonyl (C=O) groups is 2. The van der Waals surface area contributed by atoms with Gasteiger partial charge in [-0.25, -0.2) is 15.0 Å².